The largest absolute Gasteiger partial charge is 0.321 e. The molecule has 2 heterocycles. The van der Waals surface area contributed by atoms with Crippen LogP contribution < -0.4 is 5.32 Å². The van der Waals surface area contributed by atoms with Crippen LogP contribution in [-0.4, -0.2) is 15.9 Å². The highest BCUT2D eigenvalue weighted by Crippen LogP contribution is 2.23. The Morgan fingerprint density at radius 2 is 2.11 bits per heavy atom. The zero-order valence-corrected chi connectivity index (χ0v) is 12.8. The highest BCUT2D eigenvalue weighted by molar-refractivity contribution is 9.10. The van der Waals surface area contributed by atoms with Gasteiger partial charge < -0.3 is 5.32 Å². The van der Waals surface area contributed by atoms with Crippen molar-refractivity contribution in [3.05, 3.63) is 50.4 Å². The SMILES string of the molecule is O=C(Nc1ccncc1Br)c1cc(Br)cnc1Cl. The first kappa shape index (κ1) is 13.5. The highest BCUT2D eigenvalue weighted by Gasteiger charge is 2.13. The smallest absolute Gasteiger partial charge is 0.258 e. The van der Waals surface area contributed by atoms with Crippen molar-refractivity contribution in [3.63, 3.8) is 0 Å². The van der Waals surface area contributed by atoms with E-state index in [2.05, 4.69) is 47.1 Å². The molecule has 0 spiro atoms. The van der Waals surface area contributed by atoms with Crippen LogP contribution in [0.5, 0.6) is 0 Å². The van der Waals surface area contributed by atoms with E-state index in [0.29, 0.717) is 20.2 Å². The van der Waals surface area contributed by atoms with Crippen molar-refractivity contribution < 1.29 is 4.79 Å². The summed E-state index contributed by atoms with van der Waals surface area (Å²) in [7, 11) is 0. The van der Waals surface area contributed by atoms with Gasteiger partial charge in [-0.25, -0.2) is 4.98 Å². The number of halogens is 3. The zero-order chi connectivity index (χ0) is 13.1. The summed E-state index contributed by atoms with van der Waals surface area (Å²) in [6.45, 7) is 0. The molecule has 0 fully saturated rings. The summed E-state index contributed by atoms with van der Waals surface area (Å²) in [5.74, 6) is -0.333. The molecule has 18 heavy (non-hydrogen) atoms. The lowest BCUT2D eigenvalue weighted by Crippen LogP contribution is -2.13. The first-order valence-electron chi connectivity index (χ1n) is 4.80. The van der Waals surface area contributed by atoms with Crippen LogP contribution >= 0.6 is 43.5 Å². The van der Waals surface area contributed by atoms with Crippen LogP contribution in [0.2, 0.25) is 5.15 Å². The van der Waals surface area contributed by atoms with Crippen LogP contribution in [-0.2, 0) is 0 Å². The number of carbonyl (C=O) groups excluding carboxylic acids is 1. The summed E-state index contributed by atoms with van der Waals surface area (Å²) < 4.78 is 1.38. The van der Waals surface area contributed by atoms with Crippen molar-refractivity contribution >= 4 is 55.1 Å². The number of nitrogens with one attached hydrogen (secondary N) is 1. The lowest BCUT2D eigenvalue weighted by molar-refractivity contribution is 0.102. The van der Waals surface area contributed by atoms with E-state index >= 15 is 0 Å². The summed E-state index contributed by atoms with van der Waals surface area (Å²) in [5.41, 5.74) is 0.917. The van der Waals surface area contributed by atoms with Gasteiger partial charge in [-0.15, -0.1) is 0 Å². The predicted molar refractivity (Wildman–Crippen MR) is 76.8 cm³/mol. The molecule has 0 aromatic carbocycles. The Hall–Kier alpha value is -0.980. The van der Waals surface area contributed by atoms with Gasteiger partial charge in [0.1, 0.15) is 5.15 Å². The number of anilines is 1. The monoisotopic (exact) mass is 389 g/mol. The van der Waals surface area contributed by atoms with Crippen molar-refractivity contribution in [1.29, 1.82) is 0 Å². The molecule has 0 atom stereocenters. The minimum Gasteiger partial charge on any atom is -0.321 e. The first-order chi connectivity index (χ1) is 8.58. The van der Waals surface area contributed by atoms with Crippen LogP contribution in [0.3, 0.4) is 0 Å². The van der Waals surface area contributed by atoms with Crippen LogP contribution in [0, 0.1) is 0 Å². The maximum atomic E-state index is 12.0. The fourth-order valence-corrected chi connectivity index (χ4v) is 2.12. The van der Waals surface area contributed by atoms with Gasteiger partial charge in [-0.2, -0.15) is 0 Å². The summed E-state index contributed by atoms with van der Waals surface area (Å²) >= 11 is 12.4. The molecular formula is C11H6Br2ClN3O. The van der Waals surface area contributed by atoms with Gasteiger partial charge >= 0.3 is 0 Å². The topological polar surface area (TPSA) is 54.9 Å². The molecule has 0 aliphatic heterocycles. The number of aromatic nitrogens is 2. The van der Waals surface area contributed by atoms with E-state index in [-0.39, 0.29) is 11.1 Å². The number of hydrogen-bond acceptors (Lipinski definition) is 3. The maximum absolute atomic E-state index is 12.0. The minimum absolute atomic E-state index is 0.154. The second kappa shape index (κ2) is 5.77. The summed E-state index contributed by atoms with van der Waals surface area (Å²) in [5, 5.41) is 2.88. The molecule has 0 radical (unpaired) electrons. The predicted octanol–water partition coefficient (Wildman–Crippen LogP) is 3.91. The van der Waals surface area contributed by atoms with Gasteiger partial charge in [0, 0.05) is 23.1 Å². The van der Waals surface area contributed by atoms with E-state index in [1.807, 2.05) is 0 Å². The van der Waals surface area contributed by atoms with Gasteiger partial charge in [-0.1, -0.05) is 11.6 Å². The van der Waals surface area contributed by atoms with Crippen molar-refractivity contribution in [2.24, 2.45) is 0 Å². The third kappa shape index (κ3) is 3.07. The summed E-state index contributed by atoms with van der Waals surface area (Å²) in [6, 6.07) is 3.29. The minimum atomic E-state index is -0.333. The Labute approximate surface area is 125 Å². The first-order valence-corrected chi connectivity index (χ1v) is 6.76. The van der Waals surface area contributed by atoms with E-state index in [1.54, 1.807) is 24.5 Å². The number of carbonyl (C=O) groups is 1. The fraction of sp³-hybridized carbons (Fsp3) is 0. The molecule has 1 amide bonds. The Kier molecular flexibility index (Phi) is 4.31. The zero-order valence-electron chi connectivity index (χ0n) is 8.82. The van der Waals surface area contributed by atoms with Crippen molar-refractivity contribution in [3.8, 4) is 0 Å². The molecule has 0 aliphatic rings. The van der Waals surface area contributed by atoms with Gasteiger partial charge in [0.2, 0.25) is 0 Å². The number of rotatable bonds is 2. The second-order valence-corrected chi connectivity index (χ2v) is 5.43. The normalized spacial score (nSPS) is 10.2. The maximum Gasteiger partial charge on any atom is 0.258 e. The van der Waals surface area contributed by atoms with E-state index < -0.39 is 0 Å². The van der Waals surface area contributed by atoms with Crippen LogP contribution in [0.1, 0.15) is 10.4 Å². The Morgan fingerprint density at radius 3 is 2.83 bits per heavy atom. The third-order valence-corrected chi connectivity index (χ3v) is 3.44. The Balaban J connectivity index is 2.28. The molecule has 0 saturated carbocycles. The molecule has 4 nitrogen and oxygen atoms in total. The molecule has 2 aromatic rings. The van der Waals surface area contributed by atoms with E-state index in [9.17, 15) is 4.79 Å². The number of hydrogen-bond donors (Lipinski definition) is 1. The molecule has 2 aromatic heterocycles. The molecule has 92 valence electrons. The van der Waals surface area contributed by atoms with Crippen LogP contribution in [0.4, 0.5) is 5.69 Å². The molecule has 7 heteroatoms. The molecule has 2 rings (SSSR count). The van der Waals surface area contributed by atoms with Gasteiger partial charge in [0.05, 0.1) is 15.7 Å². The molecular weight excluding hydrogens is 385 g/mol. The standard InChI is InChI=1S/C11H6Br2ClN3O/c12-6-3-7(10(14)16-4-6)11(18)17-9-1-2-15-5-8(9)13/h1-5H,(H,15,17,18). The van der Waals surface area contributed by atoms with Gasteiger partial charge in [-0.3, -0.25) is 9.78 Å². The summed E-state index contributed by atoms with van der Waals surface area (Å²) in [6.07, 6.45) is 4.71. The average Bonchev–Trinajstić information content (AvgIpc) is 2.35. The van der Waals surface area contributed by atoms with E-state index in [4.69, 9.17) is 11.6 Å². The van der Waals surface area contributed by atoms with Crippen molar-refractivity contribution in [2.75, 3.05) is 5.32 Å². The van der Waals surface area contributed by atoms with Crippen LogP contribution in [0.25, 0.3) is 0 Å². The van der Waals surface area contributed by atoms with Crippen molar-refractivity contribution in [1.82, 2.24) is 9.97 Å². The lowest BCUT2D eigenvalue weighted by Gasteiger charge is -2.07. The second-order valence-electron chi connectivity index (χ2n) is 3.30. The quantitative estimate of drug-likeness (QED) is 0.790. The van der Waals surface area contributed by atoms with Gasteiger partial charge in [0.25, 0.3) is 5.91 Å². The highest BCUT2D eigenvalue weighted by atomic mass is 79.9. The molecule has 0 aliphatic carbocycles. The van der Waals surface area contributed by atoms with Crippen molar-refractivity contribution in [2.45, 2.75) is 0 Å². The Morgan fingerprint density at radius 1 is 1.33 bits per heavy atom. The molecule has 0 bridgehead atoms. The van der Waals surface area contributed by atoms with Crippen LogP contribution in [0.15, 0.2) is 39.7 Å². The fourth-order valence-electron chi connectivity index (χ4n) is 1.25. The van der Waals surface area contributed by atoms with Gasteiger partial charge in [-0.05, 0) is 44.0 Å². The number of nitrogens with zero attached hydrogens (tertiary/aromatic N) is 2. The Bertz CT molecular complexity index is 607. The lowest BCUT2D eigenvalue weighted by atomic mass is 10.2. The molecule has 0 unspecified atom stereocenters. The van der Waals surface area contributed by atoms with E-state index in [1.165, 1.54) is 6.20 Å². The molecule has 0 saturated heterocycles. The van der Waals surface area contributed by atoms with E-state index in [0.717, 1.165) is 0 Å². The average molecular weight is 391 g/mol. The van der Waals surface area contributed by atoms with Gasteiger partial charge in [0.15, 0.2) is 0 Å². The number of amides is 1. The summed E-state index contributed by atoms with van der Waals surface area (Å²) in [4.78, 5) is 19.9. The molecule has 1 N–H and O–H groups in total. The third-order valence-electron chi connectivity index (χ3n) is 2.07. The number of pyridine rings is 2.